The van der Waals surface area contributed by atoms with Crippen molar-refractivity contribution in [2.24, 2.45) is 0 Å². The fourth-order valence-corrected chi connectivity index (χ4v) is 5.06. The van der Waals surface area contributed by atoms with E-state index >= 15 is 0 Å². The first-order valence-corrected chi connectivity index (χ1v) is 12.9. The van der Waals surface area contributed by atoms with Gasteiger partial charge in [0.1, 0.15) is 0 Å². The van der Waals surface area contributed by atoms with Gasteiger partial charge in [-0.25, -0.2) is 0 Å². The Labute approximate surface area is 216 Å². The second kappa shape index (κ2) is 10.7. The summed E-state index contributed by atoms with van der Waals surface area (Å²) < 4.78 is 0. The molecule has 5 heteroatoms. The number of nitro groups is 1. The lowest BCUT2D eigenvalue weighted by Gasteiger charge is -2.27. The quantitative estimate of drug-likeness (QED) is 0.144. The molecule has 0 aliphatic heterocycles. The van der Waals surface area contributed by atoms with Gasteiger partial charge in [-0.15, -0.1) is 0 Å². The highest BCUT2D eigenvalue weighted by molar-refractivity contribution is 5.63. The Morgan fingerprint density at radius 2 is 0.889 bits per heavy atom. The number of rotatable bonds is 8. The molecule has 3 aromatic rings. The number of benzene rings is 3. The van der Waals surface area contributed by atoms with Crippen molar-refractivity contribution in [3.05, 3.63) is 97.6 Å². The molecule has 0 spiro atoms. The third-order valence-corrected chi connectivity index (χ3v) is 7.12. The highest BCUT2D eigenvalue weighted by Gasteiger charge is 2.25. The Balaban J connectivity index is 2.39. The van der Waals surface area contributed by atoms with E-state index in [0.29, 0.717) is 0 Å². The van der Waals surface area contributed by atoms with Crippen LogP contribution in [0.5, 0.6) is 0 Å². The summed E-state index contributed by atoms with van der Waals surface area (Å²) in [7, 11) is 0. The minimum absolute atomic E-state index is 0.0867. The first-order chi connectivity index (χ1) is 16.8. The molecule has 5 nitrogen and oxygen atoms in total. The van der Waals surface area contributed by atoms with E-state index in [-0.39, 0.29) is 40.2 Å². The molecule has 0 saturated heterocycles. The third-order valence-electron chi connectivity index (χ3n) is 7.12. The van der Waals surface area contributed by atoms with Crippen LogP contribution in [-0.4, -0.2) is 4.92 Å². The normalized spacial score (nSPS) is 11.9. The summed E-state index contributed by atoms with van der Waals surface area (Å²) in [5.74, 6) is 0.956. The van der Waals surface area contributed by atoms with Crippen molar-refractivity contribution in [1.29, 1.82) is 0 Å². The second-order valence-corrected chi connectivity index (χ2v) is 11.1. The van der Waals surface area contributed by atoms with Crippen LogP contribution in [-0.2, 0) is 0 Å². The van der Waals surface area contributed by atoms with Gasteiger partial charge in [0.25, 0.3) is 5.69 Å². The first kappa shape index (κ1) is 27.3. The van der Waals surface area contributed by atoms with Crippen LogP contribution in [0.4, 0.5) is 17.1 Å². The van der Waals surface area contributed by atoms with Crippen LogP contribution in [0.2, 0.25) is 0 Å². The molecule has 0 aliphatic rings. The molecule has 0 amide bonds. The highest BCUT2D eigenvalue weighted by atomic mass is 16.6. The van der Waals surface area contributed by atoms with E-state index in [0.717, 1.165) is 50.3 Å². The van der Waals surface area contributed by atoms with Crippen molar-refractivity contribution in [2.75, 3.05) is 11.5 Å². The van der Waals surface area contributed by atoms with Crippen LogP contribution in [0, 0.1) is 10.1 Å². The summed E-state index contributed by atoms with van der Waals surface area (Å²) in [5, 5.41) is 11.4. The predicted octanol–water partition coefficient (Wildman–Crippen LogP) is 8.43. The summed E-state index contributed by atoms with van der Waals surface area (Å²) in [6.07, 6.45) is 0. The fourth-order valence-electron chi connectivity index (χ4n) is 5.06. The maximum Gasteiger partial charge on any atom is 0.269 e. The molecule has 0 aliphatic carbocycles. The van der Waals surface area contributed by atoms with Crippen LogP contribution >= 0.6 is 0 Å². The average molecular weight is 488 g/mol. The number of anilines is 2. The Morgan fingerprint density at radius 1 is 0.583 bits per heavy atom. The fraction of sp³-hybridized carbons (Fsp3) is 0.419. The van der Waals surface area contributed by atoms with E-state index in [1.165, 1.54) is 0 Å². The molecule has 0 fully saturated rings. The van der Waals surface area contributed by atoms with Gasteiger partial charge in [0.15, 0.2) is 0 Å². The largest absolute Gasteiger partial charge is 0.398 e. The summed E-state index contributed by atoms with van der Waals surface area (Å²) >= 11 is 0. The van der Waals surface area contributed by atoms with E-state index in [9.17, 15) is 10.1 Å². The number of nitrogens with two attached hydrogens (primary N) is 2. The highest BCUT2D eigenvalue weighted by Crippen LogP contribution is 2.42. The molecule has 0 unspecified atom stereocenters. The molecule has 3 aromatic carbocycles. The standard InChI is InChI=1S/C31H41N3O2/c1-17(2)25-13-22(14-26(18(3)4)30(25)32)29(21-9-11-24(12-10-21)34(35)36)23-15-27(19(5)6)31(33)28(16-23)20(7)8/h9-20,29H,32-33H2,1-8H3. The zero-order valence-corrected chi connectivity index (χ0v) is 22.9. The van der Waals surface area contributed by atoms with E-state index in [1.54, 1.807) is 12.1 Å². The Kier molecular flexibility index (Phi) is 8.12. The van der Waals surface area contributed by atoms with Crippen molar-refractivity contribution in [1.82, 2.24) is 0 Å². The molecule has 3 rings (SSSR count). The van der Waals surface area contributed by atoms with Crippen LogP contribution in [0.1, 0.15) is 124 Å². The van der Waals surface area contributed by atoms with E-state index < -0.39 is 0 Å². The molecular formula is C31H41N3O2. The summed E-state index contributed by atoms with van der Waals surface area (Å²) in [6.45, 7) is 17.3. The van der Waals surface area contributed by atoms with E-state index in [1.807, 2.05) is 12.1 Å². The van der Waals surface area contributed by atoms with Crippen molar-refractivity contribution in [3.63, 3.8) is 0 Å². The average Bonchev–Trinajstić information content (AvgIpc) is 2.80. The van der Waals surface area contributed by atoms with Gasteiger partial charge in [0, 0.05) is 29.4 Å². The maximum atomic E-state index is 11.4. The zero-order chi connectivity index (χ0) is 26.9. The van der Waals surface area contributed by atoms with Gasteiger partial charge in [-0.3, -0.25) is 10.1 Å². The first-order valence-electron chi connectivity index (χ1n) is 12.9. The Hall–Kier alpha value is -3.34. The van der Waals surface area contributed by atoms with Crippen LogP contribution in [0.15, 0.2) is 48.5 Å². The minimum atomic E-state index is -0.354. The van der Waals surface area contributed by atoms with Gasteiger partial charge in [-0.05, 0) is 62.6 Å². The van der Waals surface area contributed by atoms with Gasteiger partial charge >= 0.3 is 0 Å². The lowest BCUT2D eigenvalue weighted by Crippen LogP contribution is -2.12. The van der Waals surface area contributed by atoms with E-state index in [4.69, 9.17) is 11.5 Å². The predicted molar refractivity (Wildman–Crippen MR) is 152 cm³/mol. The molecule has 36 heavy (non-hydrogen) atoms. The monoisotopic (exact) mass is 487 g/mol. The van der Waals surface area contributed by atoms with E-state index in [2.05, 4.69) is 79.7 Å². The van der Waals surface area contributed by atoms with Gasteiger partial charge < -0.3 is 11.5 Å². The number of nitrogens with zero attached hydrogens (tertiary/aromatic N) is 1. The van der Waals surface area contributed by atoms with Crippen LogP contribution in [0.3, 0.4) is 0 Å². The molecule has 4 N–H and O–H groups in total. The SMILES string of the molecule is CC(C)c1cc(C(c2ccc([N+](=O)[O-])cc2)c2cc(C(C)C)c(N)c(C(C)C)c2)cc(C(C)C)c1N. The van der Waals surface area contributed by atoms with Gasteiger partial charge in [0.2, 0.25) is 0 Å². The summed E-state index contributed by atoms with van der Waals surface area (Å²) in [6, 6.07) is 15.8. The lowest BCUT2D eigenvalue weighted by molar-refractivity contribution is -0.384. The van der Waals surface area contributed by atoms with Gasteiger partial charge in [-0.2, -0.15) is 0 Å². The summed E-state index contributed by atoms with van der Waals surface area (Å²) in [4.78, 5) is 11.0. The number of hydrogen-bond donors (Lipinski definition) is 2. The molecule has 0 aromatic heterocycles. The zero-order valence-electron chi connectivity index (χ0n) is 22.9. The van der Waals surface area contributed by atoms with Crippen molar-refractivity contribution in [3.8, 4) is 0 Å². The maximum absolute atomic E-state index is 11.4. The Bertz CT molecular complexity index is 1110. The molecule has 192 valence electrons. The number of nitro benzene ring substituents is 1. The van der Waals surface area contributed by atoms with Crippen LogP contribution in [0.25, 0.3) is 0 Å². The molecular weight excluding hydrogens is 446 g/mol. The smallest absolute Gasteiger partial charge is 0.269 e. The van der Waals surface area contributed by atoms with Gasteiger partial charge in [-0.1, -0.05) is 91.8 Å². The minimum Gasteiger partial charge on any atom is -0.398 e. The molecule has 0 heterocycles. The topological polar surface area (TPSA) is 95.2 Å². The third kappa shape index (κ3) is 5.40. The molecule has 0 bridgehead atoms. The number of non-ortho nitro benzene ring substituents is 1. The van der Waals surface area contributed by atoms with Crippen molar-refractivity contribution in [2.45, 2.75) is 85.0 Å². The Morgan fingerprint density at radius 3 is 1.14 bits per heavy atom. The number of nitrogen functional groups attached to an aromatic ring is 2. The van der Waals surface area contributed by atoms with Crippen molar-refractivity contribution < 1.29 is 4.92 Å². The lowest BCUT2D eigenvalue weighted by atomic mass is 9.78. The van der Waals surface area contributed by atoms with Crippen molar-refractivity contribution >= 4 is 17.1 Å². The van der Waals surface area contributed by atoms with Gasteiger partial charge in [0.05, 0.1) is 4.92 Å². The molecule has 0 atom stereocenters. The summed E-state index contributed by atoms with van der Waals surface area (Å²) in [5.41, 5.74) is 22.9. The molecule has 0 saturated carbocycles. The second-order valence-electron chi connectivity index (χ2n) is 11.1. The molecule has 0 radical (unpaired) electrons. The van der Waals surface area contributed by atoms with Crippen LogP contribution < -0.4 is 11.5 Å². The number of hydrogen-bond acceptors (Lipinski definition) is 4.